The van der Waals surface area contributed by atoms with E-state index >= 15 is 0 Å². The van der Waals surface area contributed by atoms with Crippen molar-refractivity contribution in [1.29, 1.82) is 0 Å². The molecule has 0 aliphatic carbocycles. The van der Waals surface area contributed by atoms with Gasteiger partial charge >= 0.3 is 0 Å². The second kappa shape index (κ2) is 8.35. The molecule has 0 aliphatic rings. The second-order valence-electron chi connectivity index (χ2n) is 5.43. The van der Waals surface area contributed by atoms with Gasteiger partial charge in [0.25, 0.3) is 0 Å². The molecule has 2 heteroatoms. The van der Waals surface area contributed by atoms with Gasteiger partial charge in [-0.3, -0.25) is 0 Å². The maximum absolute atomic E-state index is 3.58. The SMILES string of the molecule is CCNCC(Cc1ccc(CC)cc1)c1cccc(Br)c1. The van der Waals surface area contributed by atoms with Crippen LogP contribution in [0.4, 0.5) is 0 Å². The molecule has 0 aliphatic heterocycles. The van der Waals surface area contributed by atoms with E-state index < -0.39 is 0 Å². The van der Waals surface area contributed by atoms with E-state index in [1.165, 1.54) is 16.7 Å². The van der Waals surface area contributed by atoms with Crippen LogP contribution in [0.5, 0.6) is 0 Å². The Labute approximate surface area is 136 Å². The minimum Gasteiger partial charge on any atom is -0.316 e. The molecular formula is C19H24BrN. The third kappa shape index (κ3) is 4.98. The van der Waals surface area contributed by atoms with E-state index in [9.17, 15) is 0 Å². The molecule has 1 N–H and O–H groups in total. The van der Waals surface area contributed by atoms with Gasteiger partial charge in [0.15, 0.2) is 0 Å². The van der Waals surface area contributed by atoms with Crippen LogP contribution >= 0.6 is 15.9 Å². The summed E-state index contributed by atoms with van der Waals surface area (Å²) in [6, 6.07) is 17.7. The molecule has 1 atom stereocenters. The number of nitrogens with one attached hydrogen (secondary N) is 1. The smallest absolute Gasteiger partial charge is 0.0178 e. The third-order valence-electron chi connectivity index (χ3n) is 3.87. The van der Waals surface area contributed by atoms with E-state index in [0.717, 1.165) is 30.4 Å². The Morgan fingerprint density at radius 2 is 1.71 bits per heavy atom. The summed E-state index contributed by atoms with van der Waals surface area (Å²) in [7, 11) is 0. The molecule has 1 nitrogen and oxygen atoms in total. The van der Waals surface area contributed by atoms with Crippen molar-refractivity contribution in [3.63, 3.8) is 0 Å². The number of rotatable bonds is 7. The lowest BCUT2D eigenvalue weighted by molar-refractivity contribution is 0.594. The summed E-state index contributed by atoms with van der Waals surface area (Å²) in [6.45, 7) is 6.39. The number of hydrogen-bond acceptors (Lipinski definition) is 1. The van der Waals surface area contributed by atoms with Gasteiger partial charge in [0.05, 0.1) is 0 Å². The zero-order chi connectivity index (χ0) is 15.1. The summed E-state index contributed by atoms with van der Waals surface area (Å²) in [4.78, 5) is 0. The number of aryl methyl sites for hydroxylation is 1. The van der Waals surface area contributed by atoms with Gasteiger partial charge in [-0.1, -0.05) is 66.2 Å². The van der Waals surface area contributed by atoms with Gasteiger partial charge in [-0.25, -0.2) is 0 Å². The molecule has 0 bridgehead atoms. The number of benzene rings is 2. The highest BCUT2D eigenvalue weighted by Gasteiger charge is 2.12. The summed E-state index contributed by atoms with van der Waals surface area (Å²) < 4.78 is 1.16. The predicted octanol–water partition coefficient (Wildman–Crippen LogP) is 4.95. The van der Waals surface area contributed by atoms with Crippen LogP contribution in [-0.4, -0.2) is 13.1 Å². The highest BCUT2D eigenvalue weighted by Crippen LogP contribution is 2.23. The Hall–Kier alpha value is -1.12. The summed E-state index contributed by atoms with van der Waals surface area (Å²) >= 11 is 3.58. The van der Waals surface area contributed by atoms with Crippen molar-refractivity contribution >= 4 is 15.9 Å². The Morgan fingerprint density at radius 1 is 1.00 bits per heavy atom. The van der Waals surface area contributed by atoms with Crippen molar-refractivity contribution in [2.75, 3.05) is 13.1 Å². The van der Waals surface area contributed by atoms with Crippen molar-refractivity contribution < 1.29 is 0 Å². The standard InChI is InChI=1S/C19H24BrN/c1-3-15-8-10-16(11-9-15)12-18(14-21-4-2)17-6-5-7-19(20)13-17/h5-11,13,18,21H,3-4,12,14H2,1-2H3. The number of halogens is 1. The molecule has 2 rings (SSSR count). The first-order chi connectivity index (χ1) is 10.2. The van der Waals surface area contributed by atoms with Gasteiger partial charge < -0.3 is 5.32 Å². The average Bonchev–Trinajstić information content (AvgIpc) is 2.52. The summed E-state index contributed by atoms with van der Waals surface area (Å²) in [6.07, 6.45) is 2.18. The van der Waals surface area contributed by atoms with Crippen molar-refractivity contribution in [2.24, 2.45) is 0 Å². The fourth-order valence-electron chi connectivity index (χ4n) is 2.58. The van der Waals surface area contributed by atoms with Gasteiger partial charge in [-0.15, -0.1) is 0 Å². The van der Waals surface area contributed by atoms with Gasteiger partial charge in [-0.05, 0) is 48.2 Å². The Balaban J connectivity index is 2.15. The Kier molecular flexibility index (Phi) is 6.47. The van der Waals surface area contributed by atoms with Crippen LogP contribution in [0, 0.1) is 0 Å². The molecule has 0 aromatic heterocycles. The molecule has 1 unspecified atom stereocenters. The third-order valence-corrected chi connectivity index (χ3v) is 4.37. The average molecular weight is 346 g/mol. The maximum Gasteiger partial charge on any atom is 0.0178 e. The topological polar surface area (TPSA) is 12.0 Å². The monoisotopic (exact) mass is 345 g/mol. The van der Waals surface area contributed by atoms with Crippen LogP contribution in [-0.2, 0) is 12.8 Å². The zero-order valence-corrected chi connectivity index (χ0v) is 14.5. The van der Waals surface area contributed by atoms with Crippen LogP contribution < -0.4 is 5.32 Å². The van der Waals surface area contributed by atoms with E-state index in [1.54, 1.807) is 0 Å². The van der Waals surface area contributed by atoms with Crippen molar-refractivity contribution in [3.8, 4) is 0 Å². The zero-order valence-electron chi connectivity index (χ0n) is 12.9. The first-order valence-corrected chi connectivity index (χ1v) is 8.56. The number of hydrogen-bond donors (Lipinski definition) is 1. The maximum atomic E-state index is 3.58. The second-order valence-corrected chi connectivity index (χ2v) is 6.35. The van der Waals surface area contributed by atoms with Crippen molar-refractivity contribution in [1.82, 2.24) is 5.32 Å². The van der Waals surface area contributed by atoms with E-state index in [1.807, 2.05) is 0 Å². The fourth-order valence-corrected chi connectivity index (χ4v) is 3.00. The fraction of sp³-hybridized carbons (Fsp3) is 0.368. The van der Waals surface area contributed by atoms with E-state index in [2.05, 4.69) is 83.6 Å². The quantitative estimate of drug-likeness (QED) is 0.748. The van der Waals surface area contributed by atoms with E-state index in [0.29, 0.717) is 5.92 Å². The molecule has 2 aromatic carbocycles. The van der Waals surface area contributed by atoms with Gasteiger partial charge in [0.1, 0.15) is 0 Å². The Morgan fingerprint density at radius 3 is 2.33 bits per heavy atom. The highest BCUT2D eigenvalue weighted by molar-refractivity contribution is 9.10. The first-order valence-electron chi connectivity index (χ1n) is 7.77. The largest absolute Gasteiger partial charge is 0.316 e. The van der Waals surface area contributed by atoms with Gasteiger partial charge in [0, 0.05) is 16.9 Å². The van der Waals surface area contributed by atoms with E-state index in [4.69, 9.17) is 0 Å². The molecule has 0 fully saturated rings. The lowest BCUT2D eigenvalue weighted by Gasteiger charge is -2.18. The predicted molar refractivity (Wildman–Crippen MR) is 95.0 cm³/mol. The molecule has 21 heavy (non-hydrogen) atoms. The van der Waals surface area contributed by atoms with Crippen LogP contribution in [0.2, 0.25) is 0 Å². The summed E-state index contributed by atoms with van der Waals surface area (Å²) in [5, 5.41) is 3.49. The molecule has 0 radical (unpaired) electrons. The Bertz CT molecular complexity index is 548. The van der Waals surface area contributed by atoms with Crippen LogP contribution in [0.3, 0.4) is 0 Å². The van der Waals surface area contributed by atoms with Crippen LogP contribution in [0.1, 0.15) is 36.5 Å². The molecule has 0 spiro atoms. The van der Waals surface area contributed by atoms with Gasteiger partial charge in [-0.2, -0.15) is 0 Å². The molecule has 0 heterocycles. The first kappa shape index (κ1) is 16.3. The molecular weight excluding hydrogens is 322 g/mol. The minimum absolute atomic E-state index is 0.509. The highest BCUT2D eigenvalue weighted by atomic mass is 79.9. The van der Waals surface area contributed by atoms with Crippen LogP contribution in [0.25, 0.3) is 0 Å². The number of likely N-dealkylation sites (N-methyl/N-ethyl adjacent to an activating group) is 1. The molecule has 0 saturated heterocycles. The lowest BCUT2D eigenvalue weighted by Crippen LogP contribution is -2.22. The normalized spacial score (nSPS) is 12.3. The molecule has 0 saturated carbocycles. The molecule has 112 valence electrons. The minimum atomic E-state index is 0.509. The summed E-state index contributed by atoms with van der Waals surface area (Å²) in [5.74, 6) is 0.509. The molecule has 0 amide bonds. The molecule has 2 aromatic rings. The van der Waals surface area contributed by atoms with E-state index in [-0.39, 0.29) is 0 Å². The summed E-state index contributed by atoms with van der Waals surface area (Å²) in [5.41, 5.74) is 4.21. The van der Waals surface area contributed by atoms with Crippen molar-refractivity contribution in [2.45, 2.75) is 32.6 Å². The van der Waals surface area contributed by atoms with Crippen molar-refractivity contribution in [3.05, 3.63) is 69.7 Å². The van der Waals surface area contributed by atoms with Gasteiger partial charge in [0.2, 0.25) is 0 Å². The lowest BCUT2D eigenvalue weighted by atomic mass is 9.91. The van der Waals surface area contributed by atoms with Crippen LogP contribution in [0.15, 0.2) is 53.0 Å².